The van der Waals surface area contributed by atoms with Crippen LogP contribution in [0.1, 0.15) is 0 Å². The summed E-state index contributed by atoms with van der Waals surface area (Å²) in [6.07, 6.45) is 0. The predicted molar refractivity (Wildman–Crippen MR) is 469 cm³/mol. The van der Waals surface area contributed by atoms with E-state index in [1.165, 1.54) is 32.6 Å². The van der Waals surface area contributed by atoms with Gasteiger partial charge in [0.2, 0.25) is 11.9 Å². The van der Waals surface area contributed by atoms with E-state index in [1.807, 2.05) is 36.4 Å². The molecule has 16 aromatic carbocycles. The van der Waals surface area contributed by atoms with Gasteiger partial charge in [-0.2, -0.15) is 0 Å². The maximum absolute atomic E-state index is 6.59. The van der Waals surface area contributed by atoms with Gasteiger partial charge in [-0.3, -0.25) is 9.13 Å². The van der Waals surface area contributed by atoms with Crippen LogP contribution in [0.15, 0.2) is 397 Å². The summed E-state index contributed by atoms with van der Waals surface area (Å²) in [6.45, 7) is 0. The monoisotopic (exact) mass is 1460 g/mol. The lowest BCUT2D eigenvalue weighted by Gasteiger charge is -2.13. The number of para-hydroxylation sites is 9. The van der Waals surface area contributed by atoms with E-state index in [9.17, 15) is 0 Å². The minimum atomic E-state index is 0.595. The number of aromatic nitrogens is 8. The Kier molecular flexibility index (Phi) is 14.8. The Labute approximate surface area is 652 Å². The first-order chi connectivity index (χ1) is 56.5. The molecule has 10 nitrogen and oxygen atoms in total. The molecule has 0 aliphatic rings. The number of nitrogens with zero attached hydrogens (tertiary/aromatic N) is 8. The first-order valence-electron chi connectivity index (χ1n) is 38.5. The van der Waals surface area contributed by atoms with Crippen LogP contribution in [0.4, 0.5) is 0 Å². The van der Waals surface area contributed by atoms with E-state index in [-0.39, 0.29) is 0 Å². The lowest BCUT2D eigenvalue weighted by atomic mass is 10.0. The van der Waals surface area contributed by atoms with Gasteiger partial charge in [-0.15, -0.1) is 0 Å². The molecule has 24 aromatic rings. The van der Waals surface area contributed by atoms with Crippen LogP contribution in [0.25, 0.3) is 222 Å². The molecular formula is C104H64N8O2. The van der Waals surface area contributed by atoms with E-state index >= 15 is 0 Å². The lowest BCUT2D eigenvalue weighted by molar-refractivity contribution is 0.669. The van der Waals surface area contributed by atoms with Gasteiger partial charge >= 0.3 is 0 Å². The zero-order valence-electron chi connectivity index (χ0n) is 61.3. The van der Waals surface area contributed by atoms with Crippen LogP contribution in [0.2, 0.25) is 0 Å². The molecule has 532 valence electrons. The summed E-state index contributed by atoms with van der Waals surface area (Å²) in [6, 6.07) is 137. The number of hydrogen-bond acceptors (Lipinski definition) is 6. The van der Waals surface area contributed by atoms with Crippen LogP contribution in [-0.4, -0.2) is 38.2 Å². The molecular weight excluding hydrogens is 1390 g/mol. The zero-order chi connectivity index (χ0) is 74.9. The number of rotatable bonds is 10. The Balaban J connectivity index is 0.000000135. The molecule has 0 aliphatic carbocycles. The highest BCUT2D eigenvalue weighted by Gasteiger charge is 2.26. The van der Waals surface area contributed by atoms with Gasteiger partial charge in [-0.1, -0.05) is 261 Å². The SMILES string of the molecule is c1ccc(-c2cccc(-c3cc(-c4ccc5c(c4)oc4ccccc45)nc(-n4c5ccccc5c5cc6c(cc54)c4ccccc4n6-c4ccccc4)n3)c2)cc1.c1ccc(-c2cccc(-c3cc(-c4cccc5c4oc4ccccc45)nc(-n4c5ccccc5c5cc6c(cc54)c4ccccc4n6-c4ccccc4)n3)c2)cc1. The molecule has 8 heterocycles. The lowest BCUT2D eigenvalue weighted by Crippen LogP contribution is -2.04. The molecule has 10 heteroatoms. The largest absolute Gasteiger partial charge is 0.456 e. The Hall–Kier alpha value is -15.5. The van der Waals surface area contributed by atoms with Crippen molar-refractivity contribution in [1.29, 1.82) is 0 Å². The fourth-order valence-corrected chi connectivity index (χ4v) is 17.5. The number of hydrogen-bond donors (Lipinski definition) is 0. The van der Waals surface area contributed by atoms with Crippen LogP contribution in [0.5, 0.6) is 0 Å². The smallest absolute Gasteiger partial charge is 0.235 e. The Morgan fingerprint density at radius 1 is 0.175 bits per heavy atom. The summed E-state index contributed by atoms with van der Waals surface area (Å²) in [5.41, 5.74) is 26.2. The summed E-state index contributed by atoms with van der Waals surface area (Å²) in [4.78, 5) is 21.7. The van der Waals surface area contributed by atoms with Crippen molar-refractivity contribution in [2.24, 2.45) is 0 Å². The predicted octanol–water partition coefficient (Wildman–Crippen LogP) is 27.1. The van der Waals surface area contributed by atoms with Crippen LogP contribution in [-0.2, 0) is 0 Å². The zero-order valence-corrected chi connectivity index (χ0v) is 61.3. The Morgan fingerprint density at radius 3 is 0.974 bits per heavy atom. The van der Waals surface area contributed by atoms with Crippen molar-refractivity contribution in [3.8, 4) is 90.6 Å². The third-order valence-electron chi connectivity index (χ3n) is 22.7. The maximum atomic E-state index is 6.59. The van der Waals surface area contributed by atoms with E-state index < -0.39 is 0 Å². The van der Waals surface area contributed by atoms with Crippen molar-refractivity contribution < 1.29 is 8.83 Å². The fraction of sp³-hybridized carbons (Fsp3) is 0. The minimum absolute atomic E-state index is 0.595. The van der Waals surface area contributed by atoms with Crippen molar-refractivity contribution in [2.75, 3.05) is 0 Å². The molecule has 0 aliphatic heterocycles. The van der Waals surface area contributed by atoms with Crippen LogP contribution in [0, 0.1) is 0 Å². The average molecular weight is 1460 g/mol. The highest BCUT2D eigenvalue weighted by Crippen LogP contribution is 2.45. The van der Waals surface area contributed by atoms with Crippen LogP contribution < -0.4 is 0 Å². The van der Waals surface area contributed by atoms with Crippen molar-refractivity contribution in [2.45, 2.75) is 0 Å². The quantitative estimate of drug-likeness (QED) is 0.135. The Morgan fingerprint density at radius 2 is 0.500 bits per heavy atom. The summed E-state index contributed by atoms with van der Waals surface area (Å²) in [5, 5.41) is 13.6. The van der Waals surface area contributed by atoms with E-state index in [0.717, 1.165) is 177 Å². The summed E-state index contributed by atoms with van der Waals surface area (Å²) >= 11 is 0. The van der Waals surface area contributed by atoms with E-state index in [2.05, 4.69) is 370 Å². The average Bonchev–Trinajstić information content (AvgIpc) is 1.56. The summed E-state index contributed by atoms with van der Waals surface area (Å²) in [7, 11) is 0. The van der Waals surface area contributed by atoms with E-state index in [0.29, 0.717) is 11.9 Å². The number of benzene rings is 16. The maximum Gasteiger partial charge on any atom is 0.235 e. The molecule has 0 radical (unpaired) electrons. The fourth-order valence-electron chi connectivity index (χ4n) is 17.5. The van der Waals surface area contributed by atoms with Crippen molar-refractivity contribution in [3.05, 3.63) is 388 Å². The molecule has 0 saturated heterocycles. The highest BCUT2D eigenvalue weighted by molar-refractivity contribution is 6.21. The second-order valence-corrected chi connectivity index (χ2v) is 29.2. The number of furan rings is 2. The van der Waals surface area contributed by atoms with Gasteiger partial charge < -0.3 is 18.0 Å². The molecule has 114 heavy (non-hydrogen) atoms. The Bertz CT molecular complexity index is 7980. The minimum Gasteiger partial charge on any atom is -0.456 e. The van der Waals surface area contributed by atoms with Crippen molar-refractivity contribution in [1.82, 2.24) is 38.2 Å². The molecule has 0 bridgehead atoms. The van der Waals surface area contributed by atoms with Gasteiger partial charge in [0.15, 0.2) is 0 Å². The van der Waals surface area contributed by atoms with Gasteiger partial charge in [0.05, 0.1) is 66.9 Å². The number of fused-ring (bicyclic) bond motifs is 18. The normalized spacial score (nSPS) is 11.9. The van der Waals surface area contributed by atoms with Gasteiger partial charge in [-0.25, -0.2) is 19.9 Å². The van der Waals surface area contributed by atoms with Crippen LogP contribution in [0.3, 0.4) is 0 Å². The van der Waals surface area contributed by atoms with Gasteiger partial charge in [0.25, 0.3) is 0 Å². The van der Waals surface area contributed by atoms with Crippen molar-refractivity contribution >= 4 is 131 Å². The van der Waals surface area contributed by atoms with E-state index in [1.54, 1.807) is 0 Å². The van der Waals surface area contributed by atoms with Gasteiger partial charge in [0, 0.05) is 98.3 Å². The molecule has 0 amide bonds. The first-order valence-corrected chi connectivity index (χ1v) is 38.5. The van der Waals surface area contributed by atoms with Gasteiger partial charge in [-0.05, 0) is 150 Å². The molecule has 8 aromatic heterocycles. The second-order valence-electron chi connectivity index (χ2n) is 29.2. The van der Waals surface area contributed by atoms with Gasteiger partial charge in [0.1, 0.15) is 22.3 Å². The molecule has 0 spiro atoms. The highest BCUT2D eigenvalue weighted by atomic mass is 16.3. The topological polar surface area (TPSA) is 97.6 Å². The molecule has 0 fully saturated rings. The third kappa shape index (κ3) is 10.5. The molecule has 0 saturated carbocycles. The second kappa shape index (κ2) is 26.1. The molecule has 24 rings (SSSR count). The summed E-state index contributed by atoms with van der Waals surface area (Å²) < 4.78 is 22.2. The van der Waals surface area contributed by atoms with E-state index in [4.69, 9.17) is 28.8 Å². The summed E-state index contributed by atoms with van der Waals surface area (Å²) in [5.74, 6) is 1.20. The molecule has 0 unspecified atom stereocenters. The molecule has 0 atom stereocenters. The van der Waals surface area contributed by atoms with Crippen LogP contribution >= 0.6 is 0 Å². The standard InChI is InChI=1S/2C52H32N4O/c1-3-15-33(16-4-1)34-17-13-18-35(29-34)44-32-45(41-25-14-24-40-39-23-9-12-28-50(39)57-51(40)41)54-52(53-44)56-47-27-11-8-22-38(47)43-30-48-42(31-49(43)56)37-21-7-10-26-46(37)55(48)36-19-5-2-6-20-36;1-3-14-33(15-4-1)34-16-13-17-35(28-34)44-32-45(36-26-27-41-40-22-9-12-25-50(40)57-51(41)29-36)54-52(53-44)56-47-24-11-8-21-39(47)43-30-48-42(31-49(43)56)38-20-7-10-23-46(38)55(48)37-18-5-2-6-19-37/h2*1-32H. The molecule has 0 N–H and O–H groups in total. The third-order valence-corrected chi connectivity index (χ3v) is 22.7. The van der Waals surface area contributed by atoms with Crippen molar-refractivity contribution in [3.63, 3.8) is 0 Å². The first kappa shape index (κ1) is 64.5.